The number of benzene rings is 2. The van der Waals surface area contributed by atoms with Crippen molar-refractivity contribution in [1.82, 2.24) is 29.4 Å². The standard InChI is InChI=1S/C27H33N7O/c1-22-19-23(2)34(30-22)21-26-28-29-27(33(26)17-18-35-25-11-7-4-8-12-25)32-15-13-31(14-16-32)20-24-9-5-3-6-10-24/h3-12,19H,13-18,20-21H2,1-2H3. The van der Waals surface area contributed by atoms with Crippen LogP contribution in [0, 0.1) is 13.8 Å². The Kier molecular flexibility index (Phi) is 7.09. The molecule has 35 heavy (non-hydrogen) atoms. The molecule has 1 fully saturated rings. The quantitative estimate of drug-likeness (QED) is 0.372. The third-order valence-corrected chi connectivity index (χ3v) is 6.43. The summed E-state index contributed by atoms with van der Waals surface area (Å²) >= 11 is 0. The average Bonchev–Trinajstić information content (AvgIpc) is 3.42. The fourth-order valence-electron chi connectivity index (χ4n) is 4.59. The number of rotatable bonds is 9. The van der Waals surface area contributed by atoms with Gasteiger partial charge in [-0.05, 0) is 37.6 Å². The first-order chi connectivity index (χ1) is 17.2. The maximum Gasteiger partial charge on any atom is 0.227 e. The Bertz CT molecular complexity index is 1210. The minimum absolute atomic E-state index is 0.549. The molecule has 0 aliphatic carbocycles. The van der Waals surface area contributed by atoms with E-state index in [2.05, 4.69) is 73.0 Å². The second-order valence-electron chi connectivity index (χ2n) is 9.06. The maximum atomic E-state index is 6.01. The van der Waals surface area contributed by atoms with Gasteiger partial charge in [0.1, 0.15) is 18.9 Å². The van der Waals surface area contributed by atoms with Crippen LogP contribution in [-0.2, 0) is 19.6 Å². The van der Waals surface area contributed by atoms with E-state index in [0.717, 1.165) is 61.6 Å². The predicted octanol–water partition coefficient (Wildman–Crippen LogP) is 3.54. The van der Waals surface area contributed by atoms with Crippen LogP contribution in [0.15, 0.2) is 66.7 Å². The third-order valence-electron chi connectivity index (χ3n) is 6.43. The molecule has 3 heterocycles. The van der Waals surface area contributed by atoms with Crippen LogP contribution >= 0.6 is 0 Å². The largest absolute Gasteiger partial charge is 0.492 e. The zero-order valence-electron chi connectivity index (χ0n) is 20.5. The van der Waals surface area contributed by atoms with Crippen LogP contribution in [-0.4, -0.2) is 62.2 Å². The van der Waals surface area contributed by atoms with Crippen LogP contribution < -0.4 is 9.64 Å². The summed E-state index contributed by atoms with van der Waals surface area (Å²) in [4.78, 5) is 4.85. The number of hydrogen-bond donors (Lipinski definition) is 0. The van der Waals surface area contributed by atoms with Gasteiger partial charge < -0.3 is 9.64 Å². The van der Waals surface area contributed by atoms with E-state index >= 15 is 0 Å². The van der Waals surface area contributed by atoms with Gasteiger partial charge in [-0.1, -0.05) is 48.5 Å². The Balaban J connectivity index is 1.29. The molecule has 0 bridgehead atoms. The van der Waals surface area contributed by atoms with Crippen molar-refractivity contribution in [2.75, 3.05) is 37.7 Å². The lowest BCUT2D eigenvalue weighted by atomic mass is 10.2. The van der Waals surface area contributed by atoms with Gasteiger partial charge in [0.25, 0.3) is 0 Å². The molecule has 4 aromatic rings. The number of ether oxygens (including phenoxy) is 1. The Labute approximate surface area is 206 Å². The van der Waals surface area contributed by atoms with Gasteiger partial charge in [0.2, 0.25) is 5.95 Å². The van der Waals surface area contributed by atoms with Crippen LogP contribution in [0.2, 0.25) is 0 Å². The lowest BCUT2D eigenvalue weighted by Gasteiger charge is -2.35. The van der Waals surface area contributed by atoms with Gasteiger partial charge in [-0.15, -0.1) is 10.2 Å². The number of hydrogen-bond acceptors (Lipinski definition) is 6. The molecule has 1 saturated heterocycles. The monoisotopic (exact) mass is 471 g/mol. The van der Waals surface area contributed by atoms with Crippen molar-refractivity contribution in [3.8, 4) is 5.75 Å². The molecule has 0 spiro atoms. The van der Waals surface area contributed by atoms with Crippen LogP contribution in [0.1, 0.15) is 22.8 Å². The molecule has 8 nitrogen and oxygen atoms in total. The first-order valence-electron chi connectivity index (χ1n) is 12.3. The zero-order chi connectivity index (χ0) is 24.0. The molecule has 0 saturated carbocycles. The van der Waals surface area contributed by atoms with E-state index < -0.39 is 0 Å². The van der Waals surface area contributed by atoms with Gasteiger partial charge in [-0.25, -0.2) is 0 Å². The van der Waals surface area contributed by atoms with Crippen molar-refractivity contribution in [3.63, 3.8) is 0 Å². The van der Waals surface area contributed by atoms with E-state index in [1.165, 1.54) is 5.56 Å². The average molecular weight is 472 g/mol. The summed E-state index contributed by atoms with van der Waals surface area (Å²) in [7, 11) is 0. The molecular weight excluding hydrogens is 438 g/mol. The molecular formula is C27H33N7O. The van der Waals surface area contributed by atoms with Gasteiger partial charge in [0, 0.05) is 38.4 Å². The van der Waals surface area contributed by atoms with Crippen molar-refractivity contribution < 1.29 is 4.74 Å². The van der Waals surface area contributed by atoms with Crippen molar-refractivity contribution in [3.05, 3.63) is 89.5 Å². The first kappa shape index (κ1) is 23.1. The molecule has 1 aliphatic rings. The van der Waals surface area contributed by atoms with Crippen LogP contribution in [0.25, 0.3) is 0 Å². The fourth-order valence-corrected chi connectivity index (χ4v) is 4.59. The zero-order valence-corrected chi connectivity index (χ0v) is 20.5. The Morgan fingerprint density at radius 1 is 0.829 bits per heavy atom. The fraction of sp³-hybridized carbons (Fsp3) is 0.370. The highest BCUT2D eigenvalue weighted by Gasteiger charge is 2.23. The van der Waals surface area contributed by atoms with Crippen LogP contribution in [0.4, 0.5) is 5.95 Å². The van der Waals surface area contributed by atoms with Crippen molar-refractivity contribution >= 4 is 5.95 Å². The highest BCUT2D eigenvalue weighted by molar-refractivity contribution is 5.32. The second-order valence-corrected chi connectivity index (χ2v) is 9.06. The molecule has 182 valence electrons. The van der Waals surface area contributed by atoms with E-state index in [4.69, 9.17) is 4.74 Å². The maximum absolute atomic E-state index is 6.01. The molecule has 8 heteroatoms. The van der Waals surface area contributed by atoms with Crippen molar-refractivity contribution in [1.29, 1.82) is 0 Å². The summed E-state index contributed by atoms with van der Waals surface area (Å²) in [5, 5.41) is 13.9. The molecule has 0 unspecified atom stereocenters. The molecule has 0 radical (unpaired) electrons. The number of aromatic nitrogens is 5. The summed E-state index contributed by atoms with van der Waals surface area (Å²) in [6.07, 6.45) is 0. The van der Waals surface area contributed by atoms with Gasteiger partial charge in [0.05, 0.1) is 12.2 Å². The topological polar surface area (TPSA) is 64.2 Å². The Morgan fingerprint density at radius 2 is 1.54 bits per heavy atom. The van der Waals surface area contributed by atoms with Crippen molar-refractivity contribution in [2.45, 2.75) is 33.5 Å². The highest BCUT2D eigenvalue weighted by atomic mass is 16.5. The minimum Gasteiger partial charge on any atom is -0.492 e. The van der Waals surface area contributed by atoms with E-state index in [0.29, 0.717) is 19.7 Å². The smallest absolute Gasteiger partial charge is 0.227 e. The number of nitrogens with zero attached hydrogens (tertiary/aromatic N) is 7. The Morgan fingerprint density at radius 3 is 2.23 bits per heavy atom. The van der Waals surface area contributed by atoms with Gasteiger partial charge in [-0.2, -0.15) is 5.10 Å². The number of anilines is 1. The van der Waals surface area contributed by atoms with E-state index in [1.807, 2.05) is 41.9 Å². The summed E-state index contributed by atoms with van der Waals surface area (Å²) in [5.74, 6) is 2.68. The van der Waals surface area contributed by atoms with E-state index in [9.17, 15) is 0 Å². The highest BCUT2D eigenvalue weighted by Crippen LogP contribution is 2.19. The summed E-state index contributed by atoms with van der Waals surface area (Å²) in [6, 6.07) is 22.7. The minimum atomic E-state index is 0.549. The predicted molar refractivity (Wildman–Crippen MR) is 137 cm³/mol. The Hall–Kier alpha value is -3.65. The molecule has 2 aromatic carbocycles. The lowest BCUT2D eigenvalue weighted by Crippen LogP contribution is -2.47. The SMILES string of the molecule is Cc1cc(C)n(Cc2nnc(N3CCN(Cc4ccccc4)CC3)n2CCOc2ccccc2)n1. The summed E-state index contributed by atoms with van der Waals surface area (Å²) in [6.45, 7) is 10.7. The van der Waals surface area contributed by atoms with Crippen molar-refractivity contribution in [2.24, 2.45) is 0 Å². The number of piperazine rings is 1. The van der Waals surface area contributed by atoms with E-state index in [-0.39, 0.29) is 0 Å². The number of aryl methyl sites for hydroxylation is 2. The van der Waals surface area contributed by atoms with Crippen LogP contribution in [0.3, 0.4) is 0 Å². The second kappa shape index (κ2) is 10.7. The molecule has 5 rings (SSSR count). The normalized spacial score (nSPS) is 14.4. The lowest BCUT2D eigenvalue weighted by molar-refractivity contribution is 0.247. The third kappa shape index (κ3) is 5.71. The molecule has 0 atom stereocenters. The van der Waals surface area contributed by atoms with Gasteiger partial charge in [0.15, 0.2) is 5.82 Å². The van der Waals surface area contributed by atoms with Gasteiger partial charge in [-0.3, -0.25) is 14.1 Å². The summed E-state index contributed by atoms with van der Waals surface area (Å²) in [5.41, 5.74) is 3.48. The number of para-hydroxylation sites is 1. The van der Waals surface area contributed by atoms with Gasteiger partial charge >= 0.3 is 0 Å². The van der Waals surface area contributed by atoms with E-state index in [1.54, 1.807) is 0 Å². The molecule has 1 aliphatic heterocycles. The molecule has 0 amide bonds. The van der Waals surface area contributed by atoms with Crippen LogP contribution in [0.5, 0.6) is 5.75 Å². The molecule has 0 N–H and O–H groups in total. The molecule has 2 aromatic heterocycles. The summed E-state index contributed by atoms with van der Waals surface area (Å²) < 4.78 is 10.2. The first-order valence-corrected chi connectivity index (χ1v) is 12.3.